The average Bonchev–Trinajstić information content (AvgIpc) is 2.56. The number of anilines is 1. The molecular weight excluding hydrogens is 378 g/mol. The van der Waals surface area contributed by atoms with Gasteiger partial charge in [0.25, 0.3) is 10.0 Å². The van der Waals surface area contributed by atoms with Crippen LogP contribution in [0.3, 0.4) is 0 Å². The van der Waals surface area contributed by atoms with Crippen LogP contribution in [0.5, 0.6) is 11.5 Å². The quantitative estimate of drug-likeness (QED) is 0.733. The SMILES string of the molecule is CCOc1ccc(S(=O)(=O)Nc2ccc(S(C)(=O)=O)cc2)cc1OCC. The van der Waals surface area contributed by atoms with Gasteiger partial charge in [-0.2, -0.15) is 0 Å². The summed E-state index contributed by atoms with van der Waals surface area (Å²) in [6, 6.07) is 9.82. The van der Waals surface area contributed by atoms with Crippen LogP contribution < -0.4 is 14.2 Å². The minimum Gasteiger partial charge on any atom is -0.490 e. The number of rotatable bonds is 8. The number of sulfone groups is 1. The smallest absolute Gasteiger partial charge is 0.262 e. The molecule has 0 aliphatic carbocycles. The van der Waals surface area contributed by atoms with Crippen LogP contribution in [0.2, 0.25) is 0 Å². The van der Waals surface area contributed by atoms with E-state index in [4.69, 9.17) is 9.47 Å². The van der Waals surface area contributed by atoms with Crippen molar-refractivity contribution < 1.29 is 26.3 Å². The van der Waals surface area contributed by atoms with Crippen molar-refractivity contribution in [3.8, 4) is 11.5 Å². The maximum absolute atomic E-state index is 12.6. The number of sulfonamides is 1. The van der Waals surface area contributed by atoms with Crippen molar-refractivity contribution in [1.82, 2.24) is 0 Å². The fourth-order valence-corrected chi connectivity index (χ4v) is 3.89. The Morgan fingerprint density at radius 1 is 0.808 bits per heavy atom. The van der Waals surface area contributed by atoms with Gasteiger partial charge in [0.05, 0.1) is 23.0 Å². The fraction of sp³-hybridized carbons (Fsp3) is 0.294. The van der Waals surface area contributed by atoms with Gasteiger partial charge < -0.3 is 9.47 Å². The third kappa shape index (κ3) is 4.89. The summed E-state index contributed by atoms with van der Waals surface area (Å²) in [5, 5.41) is 0. The minimum atomic E-state index is -3.87. The Kier molecular flexibility index (Phi) is 6.14. The highest BCUT2D eigenvalue weighted by Crippen LogP contribution is 2.31. The Balaban J connectivity index is 2.31. The molecule has 0 saturated heterocycles. The molecule has 2 aromatic carbocycles. The summed E-state index contributed by atoms with van der Waals surface area (Å²) >= 11 is 0. The normalized spacial score (nSPS) is 11.8. The van der Waals surface area contributed by atoms with E-state index in [2.05, 4.69) is 4.72 Å². The largest absolute Gasteiger partial charge is 0.490 e. The molecule has 0 spiro atoms. The maximum atomic E-state index is 12.6. The van der Waals surface area contributed by atoms with Crippen LogP contribution in [-0.2, 0) is 19.9 Å². The number of ether oxygens (including phenoxy) is 2. The summed E-state index contributed by atoms with van der Waals surface area (Å²) in [5.41, 5.74) is 0.254. The van der Waals surface area contributed by atoms with Crippen LogP contribution in [0.15, 0.2) is 52.3 Å². The molecule has 0 unspecified atom stereocenters. The van der Waals surface area contributed by atoms with E-state index in [9.17, 15) is 16.8 Å². The van der Waals surface area contributed by atoms with E-state index in [1.54, 1.807) is 6.92 Å². The average molecular weight is 399 g/mol. The third-order valence-electron chi connectivity index (χ3n) is 3.36. The number of hydrogen-bond acceptors (Lipinski definition) is 6. The minimum absolute atomic E-state index is 0.0107. The zero-order chi connectivity index (χ0) is 19.4. The van der Waals surface area contributed by atoms with Crippen LogP contribution in [0.4, 0.5) is 5.69 Å². The van der Waals surface area contributed by atoms with Crippen molar-refractivity contribution in [3.63, 3.8) is 0 Å². The van der Waals surface area contributed by atoms with Gasteiger partial charge in [-0.1, -0.05) is 0 Å². The molecule has 2 aromatic rings. The van der Waals surface area contributed by atoms with Crippen molar-refractivity contribution >= 4 is 25.5 Å². The van der Waals surface area contributed by atoms with Crippen LogP contribution in [0.25, 0.3) is 0 Å². The fourth-order valence-electron chi connectivity index (χ4n) is 2.18. The molecule has 0 aromatic heterocycles. The van der Waals surface area contributed by atoms with Gasteiger partial charge in [-0.3, -0.25) is 4.72 Å². The van der Waals surface area contributed by atoms with Gasteiger partial charge in [0.15, 0.2) is 21.3 Å². The summed E-state index contributed by atoms with van der Waals surface area (Å²) in [6.07, 6.45) is 1.08. The van der Waals surface area contributed by atoms with Gasteiger partial charge in [-0.05, 0) is 50.2 Å². The molecule has 0 aliphatic rings. The highest BCUT2D eigenvalue weighted by Gasteiger charge is 2.18. The molecule has 0 aliphatic heterocycles. The van der Waals surface area contributed by atoms with Crippen molar-refractivity contribution in [2.45, 2.75) is 23.6 Å². The first-order valence-electron chi connectivity index (χ1n) is 7.90. The molecule has 26 heavy (non-hydrogen) atoms. The van der Waals surface area contributed by atoms with Gasteiger partial charge >= 0.3 is 0 Å². The van der Waals surface area contributed by atoms with Crippen LogP contribution in [-0.4, -0.2) is 36.3 Å². The lowest BCUT2D eigenvalue weighted by atomic mass is 10.3. The van der Waals surface area contributed by atoms with Crippen LogP contribution in [0, 0.1) is 0 Å². The van der Waals surface area contributed by atoms with E-state index < -0.39 is 19.9 Å². The monoisotopic (exact) mass is 399 g/mol. The Bertz CT molecular complexity index is 967. The molecule has 0 amide bonds. The van der Waals surface area contributed by atoms with Crippen LogP contribution in [0.1, 0.15) is 13.8 Å². The first-order chi connectivity index (χ1) is 12.2. The van der Waals surface area contributed by atoms with E-state index in [1.165, 1.54) is 42.5 Å². The first kappa shape index (κ1) is 20.1. The van der Waals surface area contributed by atoms with Crippen molar-refractivity contribution in [2.75, 3.05) is 24.2 Å². The second-order valence-corrected chi connectivity index (χ2v) is 9.07. The number of hydrogen-bond donors (Lipinski definition) is 1. The molecule has 2 rings (SSSR count). The predicted octanol–water partition coefficient (Wildman–Crippen LogP) is 2.69. The van der Waals surface area contributed by atoms with Crippen molar-refractivity contribution in [2.24, 2.45) is 0 Å². The molecule has 0 radical (unpaired) electrons. The molecule has 7 nitrogen and oxygen atoms in total. The first-order valence-corrected chi connectivity index (χ1v) is 11.3. The maximum Gasteiger partial charge on any atom is 0.262 e. The number of benzene rings is 2. The lowest BCUT2D eigenvalue weighted by Crippen LogP contribution is -2.13. The molecule has 142 valence electrons. The van der Waals surface area contributed by atoms with Crippen molar-refractivity contribution in [3.05, 3.63) is 42.5 Å². The van der Waals surface area contributed by atoms with E-state index in [1.807, 2.05) is 6.92 Å². The molecule has 0 bridgehead atoms. The molecule has 0 fully saturated rings. The van der Waals surface area contributed by atoms with Gasteiger partial charge in [0.2, 0.25) is 0 Å². The Morgan fingerprint density at radius 2 is 1.35 bits per heavy atom. The topological polar surface area (TPSA) is 98.8 Å². The van der Waals surface area contributed by atoms with E-state index >= 15 is 0 Å². The zero-order valence-corrected chi connectivity index (χ0v) is 16.4. The molecule has 0 heterocycles. The lowest BCUT2D eigenvalue weighted by Gasteiger charge is -2.13. The second kappa shape index (κ2) is 7.96. The standard InChI is InChI=1S/C17H21NO6S2/c1-4-23-16-11-10-15(12-17(16)24-5-2)26(21,22)18-13-6-8-14(9-7-13)25(3,19)20/h6-12,18H,4-5H2,1-3H3. The summed E-state index contributed by atoms with van der Waals surface area (Å²) in [5.74, 6) is 0.801. The third-order valence-corrected chi connectivity index (χ3v) is 5.87. The Labute approximate surface area is 153 Å². The molecule has 0 atom stereocenters. The summed E-state index contributed by atoms with van der Waals surface area (Å²) in [4.78, 5) is 0.122. The van der Waals surface area contributed by atoms with Gasteiger partial charge in [-0.25, -0.2) is 16.8 Å². The van der Waals surface area contributed by atoms with Crippen LogP contribution >= 0.6 is 0 Å². The van der Waals surface area contributed by atoms with Crippen molar-refractivity contribution in [1.29, 1.82) is 0 Å². The summed E-state index contributed by atoms with van der Waals surface area (Å²) in [7, 11) is -7.21. The summed E-state index contributed by atoms with van der Waals surface area (Å²) < 4.78 is 61.4. The predicted molar refractivity (Wildman–Crippen MR) is 99.1 cm³/mol. The van der Waals surface area contributed by atoms with E-state index in [0.717, 1.165) is 6.26 Å². The molecule has 9 heteroatoms. The highest BCUT2D eigenvalue weighted by molar-refractivity contribution is 7.92. The molecular formula is C17H21NO6S2. The van der Waals surface area contributed by atoms with Gasteiger partial charge in [-0.15, -0.1) is 0 Å². The Hall–Kier alpha value is -2.26. The molecule has 1 N–H and O–H groups in total. The van der Waals surface area contributed by atoms with Gasteiger partial charge in [0.1, 0.15) is 0 Å². The lowest BCUT2D eigenvalue weighted by molar-refractivity contribution is 0.287. The number of nitrogens with one attached hydrogen (secondary N) is 1. The van der Waals surface area contributed by atoms with E-state index in [0.29, 0.717) is 24.7 Å². The summed E-state index contributed by atoms with van der Waals surface area (Å²) in [6.45, 7) is 4.40. The zero-order valence-electron chi connectivity index (χ0n) is 14.7. The van der Waals surface area contributed by atoms with E-state index in [-0.39, 0.29) is 15.5 Å². The van der Waals surface area contributed by atoms with Gasteiger partial charge in [0, 0.05) is 18.0 Å². The second-order valence-electron chi connectivity index (χ2n) is 5.38. The Morgan fingerprint density at radius 3 is 1.88 bits per heavy atom. The highest BCUT2D eigenvalue weighted by atomic mass is 32.2. The molecule has 0 saturated carbocycles.